The third kappa shape index (κ3) is 4.60. The van der Waals surface area contributed by atoms with Crippen LogP contribution in [-0.2, 0) is 17.8 Å². The molecule has 3 aromatic rings. The zero-order valence-corrected chi connectivity index (χ0v) is 15.4. The van der Waals surface area contributed by atoms with Crippen LogP contribution in [0, 0.1) is 5.82 Å². The number of hydrogen-bond donors (Lipinski definition) is 1. The molecule has 0 saturated carbocycles. The van der Waals surface area contributed by atoms with E-state index in [-0.39, 0.29) is 23.7 Å². The monoisotopic (exact) mass is 367 g/mol. The van der Waals surface area contributed by atoms with Crippen LogP contribution in [0.25, 0.3) is 10.8 Å². The lowest BCUT2D eigenvalue weighted by Crippen LogP contribution is -2.26. The number of likely N-dealkylation sites (N-methyl/N-ethyl adjacent to an activating group) is 1. The average molecular weight is 367 g/mol. The zero-order chi connectivity index (χ0) is 19.4. The summed E-state index contributed by atoms with van der Waals surface area (Å²) in [7, 11) is 3.92. The fourth-order valence-corrected chi connectivity index (χ4v) is 2.89. The summed E-state index contributed by atoms with van der Waals surface area (Å²) in [6, 6.07) is 13.0. The van der Waals surface area contributed by atoms with Gasteiger partial charge in [-0.15, -0.1) is 0 Å². The molecule has 0 aliphatic rings. The molecule has 0 atom stereocenters. The molecule has 140 valence electrons. The van der Waals surface area contributed by atoms with Gasteiger partial charge in [0.05, 0.1) is 6.42 Å². The number of aromatic nitrogens is 1. The van der Waals surface area contributed by atoms with E-state index in [1.165, 1.54) is 12.1 Å². The van der Waals surface area contributed by atoms with Crippen molar-refractivity contribution in [1.29, 1.82) is 0 Å². The zero-order valence-electron chi connectivity index (χ0n) is 15.4. The molecule has 6 heteroatoms. The van der Waals surface area contributed by atoms with Gasteiger partial charge in [0.25, 0.3) is 5.56 Å². The maximum Gasteiger partial charge on any atom is 0.258 e. The number of fused-ring (bicyclic) bond motifs is 1. The van der Waals surface area contributed by atoms with Crippen LogP contribution >= 0.6 is 0 Å². The molecule has 0 aliphatic heterocycles. The Morgan fingerprint density at radius 1 is 1.07 bits per heavy atom. The van der Waals surface area contributed by atoms with Crippen LogP contribution in [0.5, 0.6) is 0 Å². The molecule has 5 nitrogen and oxygen atoms in total. The van der Waals surface area contributed by atoms with Crippen molar-refractivity contribution in [2.75, 3.05) is 26.0 Å². The van der Waals surface area contributed by atoms with E-state index in [1.54, 1.807) is 41.1 Å². The van der Waals surface area contributed by atoms with Crippen LogP contribution in [0.15, 0.2) is 59.5 Å². The lowest BCUT2D eigenvalue weighted by Gasteiger charge is -2.13. The number of anilines is 1. The maximum absolute atomic E-state index is 13.0. The SMILES string of the molecule is CN(C)CCn1ccc2c(NC(=O)Cc3ccc(F)cc3)cccc2c1=O. The van der Waals surface area contributed by atoms with Gasteiger partial charge in [0.1, 0.15) is 5.82 Å². The van der Waals surface area contributed by atoms with Crippen molar-refractivity contribution in [2.45, 2.75) is 13.0 Å². The summed E-state index contributed by atoms with van der Waals surface area (Å²) in [4.78, 5) is 27.1. The summed E-state index contributed by atoms with van der Waals surface area (Å²) in [5, 5.41) is 4.13. The molecule has 1 aromatic heterocycles. The standard InChI is InChI=1S/C21H22FN3O2/c1-24(2)12-13-25-11-10-17-18(21(25)27)4-3-5-19(17)23-20(26)14-15-6-8-16(22)9-7-15/h3-11H,12-14H2,1-2H3,(H,23,26). The highest BCUT2D eigenvalue weighted by atomic mass is 19.1. The molecule has 2 aromatic carbocycles. The van der Waals surface area contributed by atoms with Crippen LogP contribution in [0.4, 0.5) is 10.1 Å². The molecule has 1 amide bonds. The topological polar surface area (TPSA) is 54.3 Å². The molecule has 0 saturated heterocycles. The normalized spacial score (nSPS) is 11.1. The van der Waals surface area contributed by atoms with Crippen LogP contribution < -0.4 is 10.9 Å². The molecule has 0 fully saturated rings. The number of pyridine rings is 1. The smallest absolute Gasteiger partial charge is 0.258 e. The molecular formula is C21H22FN3O2. The van der Waals surface area contributed by atoms with Crippen molar-refractivity contribution in [3.8, 4) is 0 Å². The highest BCUT2D eigenvalue weighted by Gasteiger charge is 2.10. The van der Waals surface area contributed by atoms with Gasteiger partial charge < -0.3 is 14.8 Å². The number of nitrogens with one attached hydrogen (secondary N) is 1. The molecule has 0 unspecified atom stereocenters. The summed E-state index contributed by atoms with van der Waals surface area (Å²) < 4.78 is 14.7. The number of carbonyl (C=O) groups is 1. The second-order valence-corrected chi connectivity index (χ2v) is 6.74. The second kappa shape index (κ2) is 8.14. The number of halogens is 1. The molecule has 0 spiro atoms. The fraction of sp³-hybridized carbons (Fsp3) is 0.238. The van der Waals surface area contributed by atoms with E-state index in [0.717, 1.165) is 12.1 Å². The van der Waals surface area contributed by atoms with Gasteiger partial charge in [0.2, 0.25) is 5.91 Å². The minimum absolute atomic E-state index is 0.0796. The van der Waals surface area contributed by atoms with Crippen molar-refractivity contribution < 1.29 is 9.18 Å². The molecule has 0 bridgehead atoms. The van der Waals surface area contributed by atoms with Crippen molar-refractivity contribution in [2.24, 2.45) is 0 Å². The Bertz CT molecular complexity index is 1010. The van der Waals surface area contributed by atoms with E-state index in [1.807, 2.05) is 25.1 Å². The highest BCUT2D eigenvalue weighted by molar-refractivity contribution is 6.02. The summed E-state index contributed by atoms with van der Waals surface area (Å²) in [6.07, 6.45) is 1.89. The molecule has 3 rings (SSSR count). The van der Waals surface area contributed by atoms with Crippen LogP contribution in [-0.4, -0.2) is 36.0 Å². The molecule has 0 aliphatic carbocycles. The summed E-state index contributed by atoms with van der Waals surface area (Å²) in [5.41, 5.74) is 1.24. The van der Waals surface area contributed by atoms with Crippen LogP contribution in [0.1, 0.15) is 5.56 Å². The summed E-state index contributed by atoms with van der Waals surface area (Å²) >= 11 is 0. The summed E-state index contributed by atoms with van der Waals surface area (Å²) in [6.45, 7) is 1.36. The largest absolute Gasteiger partial charge is 0.325 e. The molecule has 1 N–H and O–H groups in total. The third-order valence-electron chi connectivity index (χ3n) is 4.36. The van der Waals surface area contributed by atoms with E-state index in [9.17, 15) is 14.0 Å². The van der Waals surface area contributed by atoms with E-state index in [0.29, 0.717) is 23.0 Å². The first-order chi connectivity index (χ1) is 12.9. The van der Waals surface area contributed by atoms with Crippen molar-refractivity contribution in [1.82, 2.24) is 9.47 Å². The quantitative estimate of drug-likeness (QED) is 0.729. The number of rotatable bonds is 6. The maximum atomic E-state index is 13.0. The van der Waals surface area contributed by atoms with Crippen LogP contribution in [0.3, 0.4) is 0 Å². The van der Waals surface area contributed by atoms with Gasteiger partial charge in [0.15, 0.2) is 0 Å². The van der Waals surface area contributed by atoms with E-state index in [2.05, 4.69) is 5.32 Å². The lowest BCUT2D eigenvalue weighted by molar-refractivity contribution is -0.115. The lowest BCUT2D eigenvalue weighted by atomic mass is 10.1. The third-order valence-corrected chi connectivity index (χ3v) is 4.36. The molecule has 27 heavy (non-hydrogen) atoms. The van der Waals surface area contributed by atoms with Gasteiger partial charge in [-0.25, -0.2) is 4.39 Å². The van der Waals surface area contributed by atoms with E-state index >= 15 is 0 Å². The Kier molecular flexibility index (Phi) is 5.66. The average Bonchev–Trinajstić information content (AvgIpc) is 2.63. The van der Waals surface area contributed by atoms with E-state index in [4.69, 9.17) is 0 Å². The minimum Gasteiger partial charge on any atom is -0.325 e. The highest BCUT2D eigenvalue weighted by Crippen LogP contribution is 2.21. The number of nitrogens with zero attached hydrogens (tertiary/aromatic N) is 2. The first-order valence-electron chi connectivity index (χ1n) is 8.75. The molecule has 0 radical (unpaired) electrons. The Morgan fingerprint density at radius 3 is 2.52 bits per heavy atom. The Labute approximate surface area is 157 Å². The first-order valence-corrected chi connectivity index (χ1v) is 8.75. The predicted molar refractivity (Wildman–Crippen MR) is 105 cm³/mol. The van der Waals surface area contributed by atoms with Gasteiger partial charge in [0, 0.05) is 35.7 Å². The number of hydrogen-bond acceptors (Lipinski definition) is 3. The van der Waals surface area contributed by atoms with Gasteiger partial charge in [-0.3, -0.25) is 9.59 Å². The summed E-state index contributed by atoms with van der Waals surface area (Å²) in [5.74, 6) is -0.551. The Hall–Kier alpha value is -2.99. The van der Waals surface area contributed by atoms with Gasteiger partial charge in [-0.1, -0.05) is 18.2 Å². The van der Waals surface area contributed by atoms with Crippen molar-refractivity contribution in [3.63, 3.8) is 0 Å². The van der Waals surface area contributed by atoms with E-state index < -0.39 is 0 Å². The van der Waals surface area contributed by atoms with Gasteiger partial charge >= 0.3 is 0 Å². The fourth-order valence-electron chi connectivity index (χ4n) is 2.89. The van der Waals surface area contributed by atoms with Crippen molar-refractivity contribution in [3.05, 3.63) is 76.5 Å². The minimum atomic E-state index is -0.334. The van der Waals surface area contributed by atoms with Gasteiger partial charge in [-0.05, 0) is 50.0 Å². The Balaban J connectivity index is 1.82. The van der Waals surface area contributed by atoms with Crippen molar-refractivity contribution >= 4 is 22.4 Å². The van der Waals surface area contributed by atoms with Gasteiger partial charge in [-0.2, -0.15) is 0 Å². The van der Waals surface area contributed by atoms with Crippen LogP contribution in [0.2, 0.25) is 0 Å². The second-order valence-electron chi connectivity index (χ2n) is 6.74. The Morgan fingerprint density at radius 2 is 1.81 bits per heavy atom. The first kappa shape index (κ1) is 18.8. The number of amides is 1. The molecule has 1 heterocycles. The predicted octanol–water partition coefficient (Wildman–Crippen LogP) is 2.88. The molecular weight excluding hydrogens is 345 g/mol. The number of carbonyl (C=O) groups excluding carboxylic acids is 1. The number of benzene rings is 2.